The normalized spacial score (nSPS) is 29.8. The van der Waals surface area contributed by atoms with Gasteiger partial charge < -0.3 is 5.32 Å². The fourth-order valence-electron chi connectivity index (χ4n) is 4.85. The third-order valence-electron chi connectivity index (χ3n) is 7.33. The van der Waals surface area contributed by atoms with Gasteiger partial charge in [-0.1, -0.05) is 95.2 Å². The molecule has 2 aliphatic rings. The lowest BCUT2D eigenvalue weighted by atomic mass is 9.85. The van der Waals surface area contributed by atoms with Crippen LogP contribution in [0.4, 0.5) is 0 Å². The molecule has 1 aromatic rings. The van der Waals surface area contributed by atoms with Crippen molar-refractivity contribution in [1.82, 2.24) is 5.32 Å². The van der Waals surface area contributed by atoms with Crippen molar-refractivity contribution in [3.05, 3.63) is 77.5 Å². The van der Waals surface area contributed by atoms with Gasteiger partial charge in [-0.15, -0.1) is 0 Å². The average Bonchev–Trinajstić information content (AvgIpc) is 3.25. The summed E-state index contributed by atoms with van der Waals surface area (Å²) in [7, 11) is 0. The van der Waals surface area contributed by atoms with E-state index in [-0.39, 0.29) is 5.54 Å². The van der Waals surface area contributed by atoms with Crippen LogP contribution >= 0.6 is 0 Å². The number of rotatable bonds is 8. The van der Waals surface area contributed by atoms with E-state index in [2.05, 4.69) is 108 Å². The third-order valence-corrected chi connectivity index (χ3v) is 7.33. The van der Waals surface area contributed by atoms with Crippen molar-refractivity contribution in [2.24, 2.45) is 23.7 Å². The van der Waals surface area contributed by atoms with E-state index in [4.69, 9.17) is 0 Å². The summed E-state index contributed by atoms with van der Waals surface area (Å²) in [6.07, 6.45) is 15.2. The quantitative estimate of drug-likeness (QED) is 0.453. The predicted molar refractivity (Wildman–Crippen MR) is 127 cm³/mol. The molecule has 29 heavy (non-hydrogen) atoms. The van der Waals surface area contributed by atoms with Gasteiger partial charge in [0.05, 0.1) is 0 Å². The second-order valence-electron chi connectivity index (χ2n) is 9.51. The highest BCUT2D eigenvalue weighted by atomic mass is 15.0. The van der Waals surface area contributed by atoms with Crippen LogP contribution in [-0.4, -0.2) is 5.54 Å². The van der Waals surface area contributed by atoms with Gasteiger partial charge in [-0.2, -0.15) is 0 Å². The number of nitrogens with one attached hydrogen (secondary N) is 1. The lowest BCUT2D eigenvalue weighted by Crippen LogP contribution is -2.26. The van der Waals surface area contributed by atoms with Crippen molar-refractivity contribution in [1.29, 1.82) is 0 Å². The van der Waals surface area contributed by atoms with E-state index in [0.29, 0.717) is 11.8 Å². The van der Waals surface area contributed by atoms with Crippen molar-refractivity contribution in [3.63, 3.8) is 0 Å². The third kappa shape index (κ3) is 4.94. The molecule has 0 radical (unpaired) electrons. The van der Waals surface area contributed by atoms with Gasteiger partial charge in [-0.05, 0) is 72.4 Å². The Kier molecular flexibility index (Phi) is 6.88. The number of hydrogen-bond donors (Lipinski definition) is 1. The van der Waals surface area contributed by atoms with Crippen LogP contribution in [0.25, 0.3) is 5.57 Å². The molecule has 2 unspecified atom stereocenters. The molecule has 1 fully saturated rings. The molecule has 0 aromatic heterocycles. The first kappa shape index (κ1) is 21.7. The van der Waals surface area contributed by atoms with Gasteiger partial charge in [0.2, 0.25) is 0 Å². The Hall–Kier alpha value is -2.02. The molecule has 1 saturated carbocycles. The van der Waals surface area contributed by atoms with Gasteiger partial charge >= 0.3 is 0 Å². The predicted octanol–water partition coefficient (Wildman–Crippen LogP) is 7.55. The average molecular weight is 390 g/mol. The highest BCUT2D eigenvalue weighted by Gasteiger charge is 2.56. The molecule has 0 saturated heterocycles. The van der Waals surface area contributed by atoms with Crippen LogP contribution in [-0.2, 0) is 0 Å². The number of hydrogen-bond acceptors (Lipinski definition) is 1. The topological polar surface area (TPSA) is 12.0 Å². The first-order valence-corrected chi connectivity index (χ1v) is 11.5. The summed E-state index contributed by atoms with van der Waals surface area (Å²) in [5.74, 6) is 2.71. The minimum Gasteiger partial charge on any atom is -0.385 e. The van der Waals surface area contributed by atoms with Gasteiger partial charge in [0, 0.05) is 5.54 Å². The summed E-state index contributed by atoms with van der Waals surface area (Å²) < 4.78 is 0. The molecule has 156 valence electrons. The van der Waals surface area contributed by atoms with Crippen LogP contribution in [0.2, 0.25) is 0 Å². The molecule has 1 nitrogen and oxygen atoms in total. The second-order valence-corrected chi connectivity index (χ2v) is 9.51. The van der Waals surface area contributed by atoms with Gasteiger partial charge in [0.15, 0.2) is 0 Å². The zero-order chi connectivity index (χ0) is 21.0. The van der Waals surface area contributed by atoms with E-state index in [1.54, 1.807) is 5.57 Å². The molecule has 1 heteroatoms. The van der Waals surface area contributed by atoms with Crippen LogP contribution in [0.1, 0.15) is 66.4 Å². The first-order valence-electron chi connectivity index (χ1n) is 11.5. The van der Waals surface area contributed by atoms with Gasteiger partial charge in [0.1, 0.15) is 0 Å². The zero-order valence-electron chi connectivity index (χ0n) is 19.2. The maximum Gasteiger partial charge on any atom is 0.0400 e. The lowest BCUT2D eigenvalue weighted by molar-refractivity contribution is 0.546. The maximum atomic E-state index is 3.70. The standard InChI is InChI=1S/C28H39N/c1-7-27-22(5)28(27,6)29-18-17-23(20(2)3)15-16-25-19-26(14-13-21(25)4)24-11-9-8-10-12-24/h8-12,14-15,17-22,27,29H,7,13,16H2,1-6H3/b18-17-,23-15+/t21?,22-,27+,28?/m1/s1. The molecular weight excluding hydrogens is 350 g/mol. The first-order chi connectivity index (χ1) is 13.9. The molecule has 3 rings (SSSR count). The maximum absolute atomic E-state index is 3.70. The fraction of sp³-hybridized carbons (Fsp3) is 0.500. The Morgan fingerprint density at radius 2 is 1.93 bits per heavy atom. The van der Waals surface area contributed by atoms with Crippen LogP contribution in [0, 0.1) is 23.7 Å². The Morgan fingerprint density at radius 3 is 2.55 bits per heavy atom. The van der Waals surface area contributed by atoms with Crippen molar-refractivity contribution < 1.29 is 0 Å². The lowest BCUT2D eigenvalue weighted by Gasteiger charge is -2.20. The van der Waals surface area contributed by atoms with Crippen molar-refractivity contribution >= 4 is 5.57 Å². The molecule has 1 N–H and O–H groups in total. The van der Waals surface area contributed by atoms with Crippen LogP contribution < -0.4 is 5.32 Å². The molecule has 2 aliphatic carbocycles. The Labute approximate surface area is 178 Å². The minimum atomic E-state index is 0.281. The minimum absolute atomic E-state index is 0.281. The van der Waals surface area contributed by atoms with E-state index in [1.807, 2.05) is 0 Å². The molecule has 0 bridgehead atoms. The Balaban J connectivity index is 1.68. The second kappa shape index (κ2) is 9.20. The molecule has 4 atom stereocenters. The Bertz CT molecular complexity index is 808. The summed E-state index contributed by atoms with van der Waals surface area (Å²) in [6.45, 7) is 14.0. The molecule has 0 heterocycles. The number of benzene rings is 1. The van der Waals surface area contributed by atoms with Crippen molar-refractivity contribution in [2.45, 2.75) is 66.3 Å². The summed E-state index contributed by atoms with van der Waals surface area (Å²) in [4.78, 5) is 0. The number of allylic oxidation sites excluding steroid dienone is 7. The van der Waals surface area contributed by atoms with Crippen molar-refractivity contribution in [2.75, 3.05) is 0 Å². The van der Waals surface area contributed by atoms with E-state index in [0.717, 1.165) is 24.7 Å². The van der Waals surface area contributed by atoms with Gasteiger partial charge in [-0.3, -0.25) is 0 Å². The molecule has 0 aliphatic heterocycles. The highest BCUT2D eigenvalue weighted by molar-refractivity contribution is 5.75. The van der Waals surface area contributed by atoms with E-state index in [1.165, 1.54) is 23.1 Å². The summed E-state index contributed by atoms with van der Waals surface area (Å²) in [5, 5.41) is 3.70. The van der Waals surface area contributed by atoms with E-state index in [9.17, 15) is 0 Å². The van der Waals surface area contributed by atoms with Crippen LogP contribution in [0.3, 0.4) is 0 Å². The van der Waals surface area contributed by atoms with Crippen LogP contribution in [0.5, 0.6) is 0 Å². The van der Waals surface area contributed by atoms with E-state index < -0.39 is 0 Å². The summed E-state index contributed by atoms with van der Waals surface area (Å²) in [5.41, 5.74) is 5.94. The fourth-order valence-corrected chi connectivity index (χ4v) is 4.85. The molecule has 0 spiro atoms. The smallest absolute Gasteiger partial charge is 0.0400 e. The summed E-state index contributed by atoms with van der Waals surface area (Å²) in [6, 6.07) is 10.8. The Morgan fingerprint density at radius 1 is 1.21 bits per heavy atom. The van der Waals surface area contributed by atoms with Gasteiger partial charge in [-0.25, -0.2) is 0 Å². The highest BCUT2D eigenvalue weighted by Crippen LogP contribution is 2.51. The SMILES string of the molecule is CC[C@H]1[C@@H](C)C1(C)N/C=C\C(=C/CC1=CC(c2ccccc2)=CCC1C)C(C)C. The molecule has 0 amide bonds. The molecular formula is C28H39N. The van der Waals surface area contributed by atoms with Crippen molar-refractivity contribution in [3.8, 4) is 0 Å². The van der Waals surface area contributed by atoms with E-state index >= 15 is 0 Å². The van der Waals surface area contributed by atoms with Gasteiger partial charge in [0.25, 0.3) is 0 Å². The monoisotopic (exact) mass is 389 g/mol. The zero-order valence-corrected chi connectivity index (χ0v) is 19.2. The molecule has 1 aromatic carbocycles. The van der Waals surface area contributed by atoms with Crippen LogP contribution in [0.15, 0.2) is 72.0 Å². The largest absolute Gasteiger partial charge is 0.385 e. The summed E-state index contributed by atoms with van der Waals surface area (Å²) >= 11 is 0.